The molecule has 0 N–H and O–H groups in total. The van der Waals surface area contributed by atoms with Crippen LogP contribution >= 0.6 is 0 Å². The third-order valence-corrected chi connectivity index (χ3v) is 1.23. The minimum Gasteiger partial charge on any atom is -0.749 e. The molecule has 0 aliphatic heterocycles. The van der Waals surface area contributed by atoms with Gasteiger partial charge in [-0.25, -0.2) is 4.21 Å². The topological polar surface area (TPSA) is 83.5 Å². The fraction of sp³-hybridized carbons (Fsp3) is 0. The van der Waals surface area contributed by atoms with Gasteiger partial charge < -0.3 is 4.55 Å². The number of hydrogen-bond acceptors (Lipinski definition) is 5. The SMILES string of the molecule is O=S([O-])OS(=O)(=O)F. The molecule has 8 heavy (non-hydrogen) atoms. The van der Waals surface area contributed by atoms with Crippen molar-refractivity contribution in [3.8, 4) is 0 Å². The zero-order valence-corrected chi connectivity index (χ0v) is 4.87. The van der Waals surface area contributed by atoms with Gasteiger partial charge in [0.2, 0.25) is 0 Å². The molecule has 1 unspecified atom stereocenters. The molecule has 1 atom stereocenters. The maximum absolute atomic E-state index is 11.0. The van der Waals surface area contributed by atoms with Gasteiger partial charge in [0.1, 0.15) is 11.4 Å². The van der Waals surface area contributed by atoms with Gasteiger partial charge >= 0.3 is 10.5 Å². The van der Waals surface area contributed by atoms with Gasteiger partial charge in [-0.3, -0.25) is 0 Å². The zero-order chi connectivity index (χ0) is 6.78. The first kappa shape index (κ1) is 7.95. The first-order valence-corrected chi connectivity index (χ1v) is 3.46. The molecule has 0 saturated heterocycles. The van der Waals surface area contributed by atoms with Crippen LogP contribution in [-0.4, -0.2) is 17.2 Å². The average molecular weight is 163 g/mol. The summed E-state index contributed by atoms with van der Waals surface area (Å²) in [5.74, 6) is 0. The van der Waals surface area contributed by atoms with E-state index in [1.807, 2.05) is 0 Å². The van der Waals surface area contributed by atoms with Crippen molar-refractivity contribution in [3.05, 3.63) is 0 Å². The number of halogens is 1. The lowest BCUT2D eigenvalue weighted by molar-refractivity contribution is 0.406. The molecule has 50 valence electrons. The molecule has 0 rings (SSSR count). The fourth-order valence-corrected chi connectivity index (χ4v) is 0.597. The molecule has 0 amide bonds. The van der Waals surface area contributed by atoms with Gasteiger partial charge in [-0.05, 0) is 0 Å². The quantitative estimate of drug-likeness (QED) is 0.385. The molecule has 0 aliphatic carbocycles. The Morgan fingerprint density at radius 2 is 2.00 bits per heavy atom. The molecule has 8 heteroatoms. The van der Waals surface area contributed by atoms with Crippen molar-refractivity contribution in [1.29, 1.82) is 0 Å². The molecular weight excluding hydrogens is 163 g/mol. The van der Waals surface area contributed by atoms with E-state index in [1.54, 1.807) is 0 Å². The summed E-state index contributed by atoms with van der Waals surface area (Å²) in [7, 11) is -5.34. The van der Waals surface area contributed by atoms with Crippen LogP contribution in [0.15, 0.2) is 0 Å². The van der Waals surface area contributed by atoms with Crippen molar-refractivity contribution >= 4 is 21.9 Å². The van der Waals surface area contributed by atoms with Crippen molar-refractivity contribution < 1.29 is 24.7 Å². The van der Waals surface area contributed by atoms with Gasteiger partial charge in [0, 0.05) is 0 Å². The van der Waals surface area contributed by atoms with E-state index < -0.39 is 21.9 Å². The Kier molecular flexibility index (Phi) is 2.47. The van der Waals surface area contributed by atoms with Gasteiger partial charge in [0.25, 0.3) is 0 Å². The molecular formula is FO5S2-. The number of rotatable bonds is 2. The minimum absolute atomic E-state index is 2.66. The standard InChI is InChI=1S/FHO5S2/c1-8(4,5)6-7(2)3/h(H,2,3)/p-1. The number of hydrogen-bond donors (Lipinski definition) is 0. The summed E-state index contributed by atoms with van der Waals surface area (Å²) >= 11 is -3.35. The first-order valence-electron chi connectivity index (χ1n) is 1.15. The van der Waals surface area contributed by atoms with Crippen LogP contribution in [0.5, 0.6) is 0 Å². The average Bonchev–Trinajstić information content (AvgIpc) is 1.21. The van der Waals surface area contributed by atoms with E-state index in [2.05, 4.69) is 3.63 Å². The fourth-order valence-electron chi connectivity index (χ4n) is 0.0664. The van der Waals surface area contributed by atoms with E-state index in [1.165, 1.54) is 0 Å². The first-order chi connectivity index (χ1) is 3.42. The second-order valence-corrected chi connectivity index (χ2v) is 2.40. The second-order valence-electron chi connectivity index (χ2n) is 0.665. The van der Waals surface area contributed by atoms with Gasteiger partial charge in [-0.15, -0.1) is 0 Å². The zero-order valence-electron chi connectivity index (χ0n) is 3.24. The summed E-state index contributed by atoms with van der Waals surface area (Å²) in [5, 5.41) is 0. The van der Waals surface area contributed by atoms with Crippen molar-refractivity contribution in [1.82, 2.24) is 0 Å². The molecule has 0 aromatic carbocycles. The molecule has 5 nitrogen and oxygen atoms in total. The molecule has 0 aliphatic rings. The highest BCUT2D eigenvalue weighted by molar-refractivity contribution is 7.91. The Morgan fingerprint density at radius 1 is 1.62 bits per heavy atom. The van der Waals surface area contributed by atoms with Gasteiger partial charge in [-0.1, -0.05) is 3.89 Å². The van der Waals surface area contributed by atoms with E-state index in [4.69, 9.17) is 8.42 Å². The van der Waals surface area contributed by atoms with Crippen LogP contribution in [-0.2, 0) is 25.5 Å². The lowest BCUT2D eigenvalue weighted by Crippen LogP contribution is -2.00. The van der Waals surface area contributed by atoms with E-state index >= 15 is 0 Å². The van der Waals surface area contributed by atoms with Crippen LogP contribution in [0, 0.1) is 0 Å². The van der Waals surface area contributed by atoms with Crippen LogP contribution in [0.25, 0.3) is 0 Å². The third kappa shape index (κ3) is 5.95. The van der Waals surface area contributed by atoms with Crippen LogP contribution in [0.1, 0.15) is 0 Å². The second kappa shape index (κ2) is 2.49. The summed E-state index contributed by atoms with van der Waals surface area (Å²) in [5.41, 5.74) is 0. The van der Waals surface area contributed by atoms with E-state index in [9.17, 15) is 12.6 Å². The molecule has 0 radical (unpaired) electrons. The Morgan fingerprint density at radius 3 is 2.00 bits per heavy atom. The molecule has 0 fully saturated rings. The summed E-state index contributed by atoms with van der Waals surface area (Å²) < 4.78 is 50.3. The lowest BCUT2D eigenvalue weighted by atomic mass is 15.8. The Bertz CT molecular complexity index is 177. The third-order valence-electron chi connectivity index (χ3n) is 0.137. The van der Waals surface area contributed by atoms with Gasteiger partial charge in [0.05, 0.1) is 0 Å². The predicted molar refractivity (Wildman–Crippen MR) is 20.0 cm³/mol. The molecule has 0 saturated carbocycles. The lowest BCUT2D eigenvalue weighted by Gasteiger charge is -1.96. The minimum atomic E-state index is -5.34. The highest BCUT2D eigenvalue weighted by atomic mass is 32.3. The highest BCUT2D eigenvalue weighted by Crippen LogP contribution is 1.93. The monoisotopic (exact) mass is 163 g/mol. The van der Waals surface area contributed by atoms with E-state index in [0.29, 0.717) is 0 Å². The highest BCUT2D eigenvalue weighted by Gasteiger charge is 2.05. The van der Waals surface area contributed by atoms with Crippen LogP contribution in [0.4, 0.5) is 3.89 Å². The maximum Gasteiger partial charge on any atom is 0.449 e. The molecule has 0 heterocycles. The maximum atomic E-state index is 11.0. The largest absolute Gasteiger partial charge is 0.749 e. The molecule has 0 aromatic heterocycles. The molecule has 0 bridgehead atoms. The van der Waals surface area contributed by atoms with Crippen molar-refractivity contribution in [3.63, 3.8) is 0 Å². The summed E-state index contributed by atoms with van der Waals surface area (Å²) in [6.45, 7) is 0. The Hall–Kier alpha value is -0.0500. The molecule has 0 aromatic rings. The van der Waals surface area contributed by atoms with Gasteiger partial charge in [-0.2, -0.15) is 12.0 Å². The summed E-state index contributed by atoms with van der Waals surface area (Å²) in [6, 6.07) is 0. The molecule has 0 spiro atoms. The van der Waals surface area contributed by atoms with Crippen molar-refractivity contribution in [2.45, 2.75) is 0 Å². The Balaban J connectivity index is 3.95. The predicted octanol–water partition coefficient (Wildman–Crippen LogP) is -0.989. The summed E-state index contributed by atoms with van der Waals surface area (Å²) in [4.78, 5) is 0. The van der Waals surface area contributed by atoms with Crippen LogP contribution in [0.2, 0.25) is 0 Å². The van der Waals surface area contributed by atoms with E-state index in [-0.39, 0.29) is 0 Å². The van der Waals surface area contributed by atoms with Crippen LogP contribution in [0.3, 0.4) is 0 Å². The Labute approximate surface area is 47.4 Å². The van der Waals surface area contributed by atoms with E-state index in [0.717, 1.165) is 0 Å². The smallest absolute Gasteiger partial charge is 0.449 e. The summed E-state index contributed by atoms with van der Waals surface area (Å²) in [6.07, 6.45) is 0. The van der Waals surface area contributed by atoms with Gasteiger partial charge in [0.15, 0.2) is 0 Å². The normalized spacial score (nSPS) is 15.8. The van der Waals surface area contributed by atoms with Crippen molar-refractivity contribution in [2.75, 3.05) is 0 Å². The van der Waals surface area contributed by atoms with Crippen LogP contribution < -0.4 is 0 Å². The van der Waals surface area contributed by atoms with Crippen molar-refractivity contribution in [2.24, 2.45) is 0 Å².